The number of benzene rings is 1. The summed E-state index contributed by atoms with van der Waals surface area (Å²) in [6.07, 6.45) is 1.03. The third-order valence-electron chi connectivity index (χ3n) is 3.04. The van der Waals surface area contributed by atoms with E-state index in [1.165, 1.54) is 13.2 Å². The second kappa shape index (κ2) is 7.33. The molecular formula is C16H16N2O4S. The molecule has 0 aliphatic rings. The van der Waals surface area contributed by atoms with Crippen molar-refractivity contribution in [1.29, 1.82) is 5.26 Å². The number of hydrogen-bond acceptors (Lipinski definition) is 6. The molecule has 7 heteroatoms. The fourth-order valence-electron chi connectivity index (χ4n) is 2.09. The number of sulfone groups is 1. The Morgan fingerprint density at radius 3 is 2.52 bits per heavy atom. The highest BCUT2D eigenvalue weighted by Gasteiger charge is 2.20. The van der Waals surface area contributed by atoms with Gasteiger partial charge in [0, 0.05) is 24.5 Å². The van der Waals surface area contributed by atoms with Crippen molar-refractivity contribution in [2.45, 2.75) is 11.6 Å². The standard InChI is InChI=1S/C16H16N2O4S/c1-21-11-22-10-14-8-13(9-17)16(23(2,19)20)18-15(14)12-6-4-3-5-7-12/h3-8H,10-11H2,1-2H3. The Morgan fingerprint density at radius 2 is 1.96 bits per heavy atom. The number of ether oxygens (including phenoxy) is 2. The number of rotatable bonds is 6. The fourth-order valence-corrected chi connectivity index (χ4v) is 2.85. The van der Waals surface area contributed by atoms with Crippen LogP contribution in [0.25, 0.3) is 11.3 Å². The SMILES string of the molecule is COCOCc1cc(C#N)c(S(C)(=O)=O)nc1-c1ccccc1. The lowest BCUT2D eigenvalue weighted by Crippen LogP contribution is -2.08. The van der Waals surface area contributed by atoms with Crippen LogP contribution in [0.3, 0.4) is 0 Å². The van der Waals surface area contributed by atoms with E-state index >= 15 is 0 Å². The lowest BCUT2D eigenvalue weighted by atomic mass is 10.0. The van der Waals surface area contributed by atoms with E-state index in [4.69, 9.17) is 9.47 Å². The summed E-state index contributed by atoms with van der Waals surface area (Å²) in [5, 5.41) is 8.99. The Bertz CT molecular complexity index is 827. The average molecular weight is 332 g/mol. The van der Waals surface area contributed by atoms with Gasteiger partial charge in [0.1, 0.15) is 12.9 Å². The van der Waals surface area contributed by atoms with Crippen LogP contribution in [0.1, 0.15) is 11.1 Å². The highest BCUT2D eigenvalue weighted by Crippen LogP contribution is 2.26. The third kappa shape index (κ3) is 4.13. The van der Waals surface area contributed by atoms with E-state index in [0.29, 0.717) is 11.3 Å². The molecule has 6 nitrogen and oxygen atoms in total. The first-order valence-corrected chi connectivity index (χ1v) is 8.62. The molecular weight excluding hydrogens is 316 g/mol. The van der Waals surface area contributed by atoms with Crippen LogP contribution < -0.4 is 0 Å². The number of pyridine rings is 1. The Kier molecular flexibility index (Phi) is 5.45. The van der Waals surface area contributed by atoms with E-state index in [1.54, 1.807) is 0 Å². The second-order valence-corrected chi connectivity index (χ2v) is 6.78. The largest absolute Gasteiger partial charge is 0.359 e. The van der Waals surface area contributed by atoms with E-state index in [-0.39, 0.29) is 24.0 Å². The highest BCUT2D eigenvalue weighted by atomic mass is 32.2. The van der Waals surface area contributed by atoms with Crippen molar-refractivity contribution in [2.75, 3.05) is 20.2 Å². The third-order valence-corrected chi connectivity index (χ3v) is 4.06. The van der Waals surface area contributed by atoms with E-state index in [0.717, 1.165) is 11.8 Å². The summed E-state index contributed by atoms with van der Waals surface area (Å²) in [6, 6.07) is 12.5. The van der Waals surface area contributed by atoms with Gasteiger partial charge in [0.15, 0.2) is 14.9 Å². The molecule has 0 aliphatic heterocycles. The highest BCUT2D eigenvalue weighted by molar-refractivity contribution is 7.90. The quantitative estimate of drug-likeness (QED) is 0.595. The minimum Gasteiger partial charge on any atom is -0.359 e. The van der Waals surface area contributed by atoms with Crippen LogP contribution in [0.4, 0.5) is 0 Å². The van der Waals surface area contributed by atoms with Gasteiger partial charge in [0.05, 0.1) is 17.9 Å². The van der Waals surface area contributed by atoms with Crippen molar-refractivity contribution in [3.8, 4) is 17.3 Å². The zero-order chi connectivity index (χ0) is 16.9. The topological polar surface area (TPSA) is 89.3 Å². The molecule has 0 spiro atoms. The average Bonchev–Trinajstić information content (AvgIpc) is 2.54. The van der Waals surface area contributed by atoms with E-state index in [1.807, 2.05) is 36.4 Å². The summed E-state index contributed by atoms with van der Waals surface area (Å²) in [5.41, 5.74) is 1.85. The molecule has 2 rings (SSSR count). The van der Waals surface area contributed by atoms with Gasteiger partial charge in [-0.25, -0.2) is 13.4 Å². The maximum atomic E-state index is 11.9. The van der Waals surface area contributed by atoms with Crippen molar-refractivity contribution in [3.05, 3.63) is 47.5 Å². The minimum atomic E-state index is -3.62. The first-order chi connectivity index (χ1) is 11.0. The van der Waals surface area contributed by atoms with Crippen molar-refractivity contribution in [1.82, 2.24) is 4.98 Å². The Balaban J connectivity index is 2.62. The van der Waals surface area contributed by atoms with Crippen LogP contribution in [0.15, 0.2) is 41.4 Å². The Hall–Kier alpha value is -2.27. The Labute approximate surface area is 135 Å². The summed E-state index contributed by atoms with van der Waals surface area (Å²) >= 11 is 0. The molecule has 1 aromatic carbocycles. The molecule has 0 radical (unpaired) electrons. The second-order valence-electron chi connectivity index (χ2n) is 4.85. The molecule has 0 atom stereocenters. The lowest BCUT2D eigenvalue weighted by Gasteiger charge is -2.12. The van der Waals surface area contributed by atoms with Gasteiger partial charge in [-0.2, -0.15) is 5.26 Å². The van der Waals surface area contributed by atoms with Crippen molar-refractivity contribution >= 4 is 9.84 Å². The van der Waals surface area contributed by atoms with Crippen molar-refractivity contribution in [2.24, 2.45) is 0 Å². The smallest absolute Gasteiger partial charge is 0.194 e. The van der Waals surface area contributed by atoms with Gasteiger partial charge in [-0.05, 0) is 6.07 Å². The molecule has 0 saturated carbocycles. The number of nitrogens with zero attached hydrogens (tertiary/aromatic N) is 2. The van der Waals surface area contributed by atoms with Gasteiger partial charge < -0.3 is 9.47 Å². The normalized spacial score (nSPS) is 11.2. The molecule has 0 bridgehead atoms. The summed E-state index contributed by atoms with van der Waals surface area (Å²) in [4.78, 5) is 4.23. The number of nitriles is 1. The minimum absolute atomic E-state index is 0.00296. The number of aromatic nitrogens is 1. The van der Waals surface area contributed by atoms with Crippen LogP contribution in [0.2, 0.25) is 0 Å². The summed E-state index contributed by atoms with van der Waals surface area (Å²) in [7, 11) is -2.11. The molecule has 1 heterocycles. The number of hydrogen-bond donors (Lipinski definition) is 0. The molecule has 23 heavy (non-hydrogen) atoms. The van der Waals surface area contributed by atoms with E-state index < -0.39 is 9.84 Å². The van der Waals surface area contributed by atoms with Crippen LogP contribution in [0.5, 0.6) is 0 Å². The summed E-state index contributed by atoms with van der Waals surface area (Å²) in [5.74, 6) is 0. The number of methoxy groups -OCH3 is 1. The molecule has 2 aromatic rings. The van der Waals surface area contributed by atoms with Crippen molar-refractivity contribution < 1.29 is 17.9 Å². The molecule has 0 saturated heterocycles. The van der Waals surface area contributed by atoms with Gasteiger partial charge in [-0.3, -0.25) is 0 Å². The van der Waals surface area contributed by atoms with Gasteiger partial charge in [0.2, 0.25) is 0 Å². The maximum Gasteiger partial charge on any atom is 0.194 e. The first kappa shape index (κ1) is 17.1. The lowest BCUT2D eigenvalue weighted by molar-refractivity contribution is -0.0390. The maximum absolute atomic E-state index is 11.9. The summed E-state index contributed by atoms with van der Waals surface area (Å²) in [6.45, 7) is 0.244. The molecule has 0 unspecified atom stereocenters. The first-order valence-electron chi connectivity index (χ1n) is 6.73. The van der Waals surface area contributed by atoms with Crippen LogP contribution in [-0.4, -0.2) is 33.6 Å². The van der Waals surface area contributed by atoms with Crippen LogP contribution >= 0.6 is 0 Å². The molecule has 1 aromatic heterocycles. The summed E-state index contributed by atoms with van der Waals surface area (Å²) < 4.78 is 34.0. The van der Waals surface area contributed by atoms with E-state index in [9.17, 15) is 13.7 Å². The van der Waals surface area contributed by atoms with Gasteiger partial charge in [0.25, 0.3) is 0 Å². The predicted molar refractivity (Wildman–Crippen MR) is 84.2 cm³/mol. The van der Waals surface area contributed by atoms with Gasteiger partial charge >= 0.3 is 0 Å². The molecule has 120 valence electrons. The fraction of sp³-hybridized carbons (Fsp3) is 0.250. The van der Waals surface area contributed by atoms with E-state index in [2.05, 4.69) is 4.98 Å². The molecule has 0 amide bonds. The molecule has 0 fully saturated rings. The monoisotopic (exact) mass is 332 g/mol. The predicted octanol–water partition coefficient (Wildman–Crippen LogP) is 2.14. The zero-order valence-electron chi connectivity index (χ0n) is 12.8. The van der Waals surface area contributed by atoms with Gasteiger partial charge in [-0.1, -0.05) is 30.3 Å². The Morgan fingerprint density at radius 1 is 1.26 bits per heavy atom. The van der Waals surface area contributed by atoms with Gasteiger partial charge in [-0.15, -0.1) is 0 Å². The zero-order valence-corrected chi connectivity index (χ0v) is 13.6. The van der Waals surface area contributed by atoms with Crippen LogP contribution in [0, 0.1) is 11.3 Å². The van der Waals surface area contributed by atoms with Crippen molar-refractivity contribution in [3.63, 3.8) is 0 Å². The molecule has 0 N–H and O–H groups in total. The van der Waals surface area contributed by atoms with Crippen LogP contribution in [-0.2, 0) is 25.9 Å². The molecule has 0 aliphatic carbocycles.